The normalized spacial score (nSPS) is 14.2. The van der Waals surface area contributed by atoms with Gasteiger partial charge in [-0.2, -0.15) is 0 Å². The predicted octanol–water partition coefficient (Wildman–Crippen LogP) is 2.78. The maximum atomic E-state index is 13.7. The van der Waals surface area contributed by atoms with Gasteiger partial charge in [0.15, 0.2) is 11.6 Å². The van der Waals surface area contributed by atoms with Crippen LogP contribution in [0.1, 0.15) is 25.8 Å². The summed E-state index contributed by atoms with van der Waals surface area (Å²) in [5, 5.41) is 3.44. The van der Waals surface area contributed by atoms with Crippen LogP contribution in [-0.2, 0) is 11.2 Å². The summed E-state index contributed by atoms with van der Waals surface area (Å²) >= 11 is 0. The summed E-state index contributed by atoms with van der Waals surface area (Å²) < 4.78 is 24.0. The highest BCUT2D eigenvalue weighted by Crippen LogP contribution is 2.19. The van der Waals surface area contributed by atoms with E-state index in [0.29, 0.717) is 0 Å². The van der Waals surface area contributed by atoms with Crippen molar-refractivity contribution < 1.29 is 13.9 Å². The van der Waals surface area contributed by atoms with Crippen LogP contribution in [0.25, 0.3) is 0 Å². The largest absolute Gasteiger partial charge is 0.494 e. The van der Waals surface area contributed by atoms with Crippen LogP contribution in [0.3, 0.4) is 0 Å². The molecule has 1 N–H and O–H groups in total. The molecule has 0 saturated carbocycles. The number of hydrogen-bond acceptors (Lipinski definition) is 3. The van der Waals surface area contributed by atoms with Gasteiger partial charge in [0.25, 0.3) is 0 Å². The number of hydrogen-bond donors (Lipinski definition) is 1. The lowest BCUT2D eigenvalue weighted by Crippen LogP contribution is -2.41. The molecule has 4 heteroatoms. The first-order chi connectivity index (χ1) is 9.12. The van der Waals surface area contributed by atoms with Crippen molar-refractivity contribution in [1.82, 2.24) is 5.32 Å². The average molecular weight is 269 g/mol. The lowest BCUT2D eigenvalue weighted by atomic mass is 10.0. The molecule has 0 heterocycles. The summed E-state index contributed by atoms with van der Waals surface area (Å²) in [7, 11) is 3.16. The lowest BCUT2D eigenvalue weighted by Gasteiger charge is -2.24. The molecule has 0 amide bonds. The van der Waals surface area contributed by atoms with E-state index in [-0.39, 0.29) is 23.7 Å². The van der Waals surface area contributed by atoms with Crippen LogP contribution >= 0.6 is 0 Å². The van der Waals surface area contributed by atoms with Crippen molar-refractivity contribution in [2.75, 3.05) is 20.8 Å². The Labute approximate surface area is 115 Å². The van der Waals surface area contributed by atoms with Crippen molar-refractivity contribution in [2.45, 2.75) is 38.8 Å². The first-order valence-corrected chi connectivity index (χ1v) is 6.71. The van der Waals surface area contributed by atoms with E-state index in [2.05, 4.69) is 12.2 Å². The van der Waals surface area contributed by atoms with Crippen LogP contribution in [0.2, 0.25) is 0 Å². The molecule has 0 aliphatic rings. The molecule has 2 unspecified atom stereocenters. The first kappa shape index (κ1) is 15.9. The summed E-state index contributed by atoms with van der Waals surface area (Å²) in [6, 6.07) is 5.27. The summed E-state index contributed by atoms with van der Waals surface area (Å²) in [5.41, 5.74) is 0.941. The zero-order valence-corrected chi connectivity index (χ0v) is 12.2. The van der Waals surface area contributed by atoms with Crippen molar-refractivity contribution in [2.24, 2.45) is 0 Å². The van der Waals surface area contributed by atoms with Gasteiger partial charge in [0.1, 0.15) is 0 Å². The second kappa shape index (κ2) is 8.12. The second-order valence-corrected chi connectivity index (χ2v) is 4.67. The Bertz CT molecular complexity index is 384. The molecule has 0 aliphatic carbocycles. The fraction of sp³-hybridized carbons (Fsp3) is 0.600. The number of methoxy groups -OCH3 is 2. The highest BCUT2D eigenvalue weighted by atomic mass is 19.1. The number of halogens is 1. The van der Waals surface area contributed by atoms with Crippen LogP contribution < -0.4 is 10.1 Å². The van der Waals surface area contributed by atoms with Crippen molar-refractivity contribution in [3.05, 3.63) is 29.6 Å². The topological polar surface area (TPSA) is 30.5 Å². The number of ether oxygens (including phenoxy) is 2. The summed E-state index contributed by atoms with van der Waals surface area (Å²) in [4.78, 5) is 0. The quantitative estimate of drug-likeness (QED) is 0.787. The van der Waals surface area contributed by atoms with Crippen LogP contribution in [0, 0.1) is 5.82 Å². The Morgan fingerprint density at radius 2 is 2.05 bits per heavy atom. The molecule has 3 nitrogen and oxygen atoms in total. The molecule has 2 atom stereocenters. The number of rotatable bonds is 8. The van der Waals surface area contributed by atoms with Gasteiger partial charge in [-0.25, -0.2) is 4.39 Å². The number of benzene rings is 1. The van der Waals surface area contributed by atoms with E-state index in [9.17, 15) is 4.39 Å². The maximum absolute atomic E-state index is 13.7. The summed E-state index contributed by atoms with van der Waals surface area (Å²) in [5.74, 6) is -0.0408. The van der Waals surface area contributed by atoms with Gasteiger partial charge >= 0.3 is 0 Å². The highest BCUT2D eigenvalue weighted by molar-refractivity contribution is 5.29. The minimum Gasteiger partial charge on any atom is -0.494 e. The van der Waals surface area contributed by atoms with E-state index in [1.807, 2.05) is 13.0 Å². The van der Waals surface area contributed by atoms with E-state index in [1.54, 1.807) is 13.2 Å². The van der Waals surface area contributed by atoms with Crippen molar-refractivity contribution in [3.8, 4) is 5.75 Å². The molecule has 0 bridgehead atoms. The van der Waals surface area contributed by atoms with E-state index < -0.39 is 0 Å². The Morgan fingerprint density at radius 3 is 2.58 bits per heavy atom. The van der Waals surface area contributed by atoms with Crippen molar-refractivity contribution in [1.29, 1.82) is 0 Å². The van der Waals surface area contributed by atoms with Crippen LogP contribution in [0.5, 0.6) is 5.75 Å². The molecule has 0 saturated heterocycles. The molecule has 0 spiro atoms. The third kappa shape index (κ3) is 4.80. The lowest BCUT2D eigenvalue weighted by molar-refractivity contribution is 0.0830. The van der Waals surface area contributed by atoms with Crippen LogP contribution in [0.15, 0.2) is 18.2 Å². The zero-order chi connectivity index (χ0) is 14.3. The van der Waals surface area contributed by atoms with Gasteiger partial charge in [-0.1, -0.05) is 13.0 Å². The second-order valence-electron chi connectivity index (χ2n) is 4.67. The average Bonchev–Trinajstić information content (AvgIpc) is 2.42. The van der Waals surface area contributed by atoms with E-state index in [1.165, 1.54) is 13.2 Å². The molecule has 1 aromatic rings. The molecule has 1 rings (SSSR count). The zero-order valence-electron chi connectivity index (χ0n) is 12.2. The molecular formula is C15H24FNO2. The van der Waals surface area contributed by atoms with Gasteiger partial charge in [-0.15, -0.1) is 0 Å². The van der Waals surface area contributed by atoms with Gasteiger partial charge in [-0.3, -0.25) is 0 Å². The molecule has 0 aromatic heterocycles. The van der Waals surface area contributed by atoms with Crippen molar-refractivity contribution >= 4 is 0 Å². The van der Waals surface area contributed by atoms with Crippen molar-refractivity contribution in [3.63, 3.8) is 0 Å². The maximum Gasteiger partial charge on any atom is 0.165 e. The SMILES string of the molecule is CCCNC(Cc1ccc(OC)c(F)c1)C(C)OC. The van der Waals surface area contributed by atoms with Gasteiger partial charge in [0.05, 0.1) is 13.2 Å². The monoisotopic (exact) mass is 269 g/mol. The molecule has 1 aromatic carbocycles. The third-order valence-electron chi connectivity index (χ3n) is 3.27. The summed E-state index contributed by atoms with van der Waals surface area (Å²) in [6.45, 7) is 5.07. The molecule has 0 aliphatic heterocycles. The molecule has 0 radical (unpaired) electrons. The van der Waals surface area contributed by atoms with E-state index >= 15 is 0 Å². The van der Waals surface area contributed by atoms with E-state index in [4.69, 9.17) is 9.47 Å². The Hall–Kier alpha value is -1.13. The van der Waals surface area contributed by atoms with Gasteiger partial charge in [0.2, 0.25) is 0 Å². The molecule has 19 heavy (non-hydrogen) atoms. The van der Waals surface area contributed by atoms with Gasteiger partial charge in [-0.05, 0) is 44.0 Å². The van der Waals surface area contributed by atoms with Crippen LogP contribution in [0.4, 0.5) is 4.39 Å². The predicted molar refractivity (Wildman–Crippen MR) is 75.2 cm³/mol. The van der Waals surface area contributed by atoms with Gasteiger partial charge in [0, 0.05) is 13.2 Å². The Balaban J connectivity index is 2.74. The standard InChI is InChI=1S/C15H24FNO2/c1-5-8-17-14(11(2)18-3)10-12-6-7-15(19-4)13(16)9-12/h6-7,9,11,14,17H,5,8,10H2,1-4H3. The highest BCUT2D eigenvalue weighted by Gasteiger charge is 2.17. The van der Waals surface area contributed by atoms with Gasteiger partial charge < -0.3 is 14.8 Å². The molecule has 0 fully saturated rings. The Morgan fingerprint density at radius 1 is 1.32 bits per heavy atom. The minimum atomic E-state index is -0.320. The van der Waals surface area contributed by atoms with Crippen LogP contribution in [-0.4, -0.2) is 32.9 Å². The molecule has 108 valence electrons. The first-order valence-electron chi connectivity index (χ1n) is 6.71. The summed E-state index contributed by atoms with van der Waals surface area (Å²) in [6.07, 6.45) is 1.87. The molecular weight excluding hydrogens is 245 g/mol. The minimum absolute atomic E-state index is 0.0803. The van der Waals surface area contributed by atoms with E-state index in [0.717, 1.165) is 24.9 Å². The number of nitrogens with one attached hydrogen (secondary N) is 1. The smallest absolute Gasteiger partial charge is 0.165 e. The Kier molecular flexibility index (Phi) is 6.81. The fourth-order valence-electron chi connectivity index (χ4n) is 1.99. The third-order valence-corrected chi connectivity index (χ3v) is 3.27. The fourth-order valence-corrected chi connectivity index (χ4v) is 1.99.